The van der Waals surface area contributed by atoms with Crippen molar-refractivity contribution in [3.05, 3.63) is 48.6 Å². The number of esters is 1. The summed E-state index contributed by atoms with van der Waals surface area (Å²) in [7, 11) is 0. The molecule has 3 unspecified atom stereocenters. The number of hydrogen-bond donors (Lipinski definition) is 3. The van der Waals surface area contributed by atoms with E-state index in [0.717, 1.165) is 77.0 Å². The average Bonchev–Trinajstić information content (AvgIpc) is 3.28. The zero-order chi connectivity index (χ0) is 45.9. The number of nitrogens with one attached hydrogen (secondary N) is 1. The lowest BCUT2D eigenvalue weighted by atomic mass is 10.0. The largest absolute Gasteiger partial charge is 0.462 e. The van der Waals surface area contributed by atoms with Gasteiger partial charge in [0.05, 0.1) is 25.2 Å². The molecule has 0 fully saturated rings. The fourth-order valence-electron chi connectivity index (χ4n) is 8.31. The van der Waals surface area contributed by atoms with Crippen molar-refractivity contribution in [2.24, 2.45) is 0 Å². The summed E-state index contributed by atoms with van der Waals surface area (Å²) < 4.78 is 5.92. The predicted octanol–water partition coefficient (Wildman–Crippen LogP) is 16.6. The number of carbonyl (C=O) groups is 2. The van der Waals surface area contributed by atoms with Gasteiger partial charge in [-0.2, -0.15) is 0 Å². The zero-order valence-corrected chi connectivity index (χ0v) is 42.0. The van der Waals surface area contributed by atoms with Gasteiger partial charge in [0, 0.05) is 6.42 Å². The number of rotatable bonds is 49. The summed E-state index contributed by atoms with van der Waals surface area (Å²) in [5.41, 5.74) is 0. The molecule has 6 nitrogen and oxygen atoms in total. The molecule has 0 saturated heterocycles. The van der Waals surface area contributed by atoms with Gasteiger partial charge in [-0.1, -0.05) is 256 Å². The van der Waals surface area contributed by atoms with Crippen LogP contribution >= 0.6 is 0 Å². The molecule has 0 aromatic carbocycles. The highest BCUT2D eigenvalue weighted by Crippen LogP contribution is 2.18. The van der Waals surface area contributed by atoms with Crippen LogP contribution in [0.2, 0.25) is 0 Å². The molecule has 1 amide bonds. The second-order valence-corrected chi connectivity index (χ2v) is 18.6. The number of allylic oxidation sites excluding steroid dienone is 8. The minimum Gasteiger partial charge on any atom is -0.462 e. The molecule has 0 bridgehead atoms. The maximum absolute atomic E-state index is 13.2. The molecular formula is C57H105NO5. The summed E-state index contributed by atoms with van der Waals surface area (Å²) in [6.07, 6.45) is 61.8. The van der Waals surface area contributed by atoms with Gasteiger partial charge in [-0.15, -0.1) is 0 Å². The summed E-state index contributed by atoms with van der Waals surface area (Å²) in [5, 5.41) is 23.8. The summed E-state index contributed by atoms with van der Waals surface area (Å²) in [6.45, 7) is 6.38. The summed E-state index contributed by atoms with van der Waals surface area (Å²) >= 11 is 0. The Kier molecular flexibility index (Phi) is 49.1. The van der Waals surface area contributed by atoms with Gasteiger partial charge in [-0.25, -0.2) is 0 Å². The van der Waals surface area contributed by atoms with E-state index in [1.165, 1.54) is 154 Å². The highest BCUT2D eigenvalue weighted by atomic mass is 16.5. The van der Waals surface area contributed by atoms with Crippen molar-refractivity contribution in [3.63, 3.8) is 0 Å². The van der Waals surface area contributed by atoms with Gasteiger partial charge in [0.2, 0.25) is 5.91 Å². The Hall–Kier alpha value is -2.18. The van der Waals surface area contributed by atoms with E-state index in [4.69, 9.17) is 4.74 Å². The van der Waals surface area contributed by atoms with Crippen LogP contribution in [-0.2, 0) is 14.3 Å². The first kappa shape index (κ1) is 60.8. The monoisotopic (exact) mass is 884 g/mol. The number of unbranched alkanes of at least 4 members (excludes halogenated alkanes) is 29. The Morgan fingerprint density at radius 3 is 1.27 bits per heavy atom. The standard InChI is InChI=1S/C57H105NO5/c1-4-7-10-13-16-19-22-25-28-29-32-35-38-41-44-47-50-57(62)63-53(48-45-42-39-36-33-30-26-23-20-17-14-11-8-5-2)51-56(61)58-54(52-59)55(60)49-46-43-40-37-34-31-27-24-21-18-15-12-9-6-3/h8,11,17,20,26,30,36,39,53-55,59-60H,4-7,9-10,12-16,18-19,21-25,27-29,31-35,37-38,40-52H2,1-3H3,(H,58,61)/b11-8+,20-17+,30-26+,39-36+. The van der Waals surface area contributed by atoms with Crippen LogP contribution in [0.5, 0.6) is 0 Å². The lowest BCUT2D eigenvalue weighted by Gasteiger charge is -2.24. The molecule has 0 radical (unpaired) electrons. The Bertz CT molecular complexity index is 1080. The molecule has 0 aromatic heterocycles. The predicted molar refractivity (Wildman–Crippen MR) is 273 cm³/mol. The maximum atomic E-state index is 13.2. The third-order valence-electron chi connectivity index (χ3n) is 12.4. The molecule has 0 aliphatic carbocycles. The van der Waals surface area contributed by atoms with Crippen LogP contribution in [0.15, 0.2) is 48.6 Å². The van der Waals surface area contributed by atoms with Crippen LogP contribution in [0.1, 0.15) is 278 Å². The van der Waals surface area contributed by atoms with Crippen molar-refractivity contribution in [1.29, 1.82) is 0 Å². The van der Waals surface area contributed by atoms with E-state index in [1.54, 1.807) is 0 Å². The van der Waals surface area contributed by atoms with E-state index >= 15 is 0 Å². The van der Waals surface area contributed by atoms with Crippen molar-refractivity contribution in [1.82, 2.24) is 5.32 Å². The van der Waals surface area contributed by atoms with E-state index in [-0.39, 0.29) is 24.9 Å². The molecule has 0 aliphatic heterocycles. The lowest BCUT2D eigenvalue weighted by molar-refractivity contribution is -0.151. The third kappa shape index (κ3) is 46.2. The summed E-state index contributed by atoms with van der Waals surface area (Å²) in [5.74, 6) is -0.517. The van der Waals surface area contributed by atoms with E-state index in [0.29, 0.717) is 19.3 Å². The van der Waals surface area contributed by atoms with Crippen LogP contribution in [0.3, 0.4) is 0 Å². The van der Waals surface area contributed by atoms with Crippen molar-refractivity contribution in [2.45, 2.75) is 296 Å². The Balaban J connectivity index is 4.60. The second-order valence-electron chi connectivity index (χ2n) is 18.6. The maximum Gasteiger partial charge on any atom is 0.306 e. The molecule has 368 valence electrons. The van der Waals surface area contributed by atoms with Gasteiger partial charge in [0.1, 0.15) is 6.10 Å². The molecule has 0 aromatic rings. The first-order valence-electron chi connectivity index (χ1n) is 27.4. The molecule has 3 N–H and O–H groups in total. The quantitative estimate of drug-likeness (QED) is 0.0321. The van der Waals surface area contributed by atoms with Crippen molar-refractivity contribution in [3.8, 4) is 0 Å². The van der Waals surface area contributed by atoms with E-state index in [1.807, 2.05) is 0 Å². The Morgan fingerprint density at radius 1 is 0.476 bits per heavy atom. The van der Waals surface area contributed by atoms with E-state index in [2.05, 4.69) is 74.7 Å². The average molecular weight is 884 g/mol. The number of hydrogen-bond acceptors (Lipinski definition) is 5. The molecule has 0 rings (SSSR count). The topological polar surface area (TPSA) is 95.9 Å². The van der Waals surface area contributed by atoms with Crippen LogP contribution in [0, 0.1) is 0 Å². The van der Waals surface area contributed by atoms with Crippen LogP contribution in [0.4, 0.5) is 0 Å². The van der Waals surface area contributed by atoms with Gasteiger partial charge < -0.3 is 20.3 Å². The fraction of sp³-hybridized carbons (Fsp3) is 0.825. The fourth-order valence-corrected chi connectivity index (χ4v) is 8.31. The molecule has 0 spiro atoms. The van der Waals surface area contributed by atoms with Crippen molar-refractivity contribution in [2.75, 3.05) is 6.61 Å². The molecule has 0 aliphatic rings. The molecule has 6 heteroatoms. The molecule has 0 heterocycles. The normalized spacial score (nSPS) is 13.5. The molecular weight excluding hydrogens is 779 g/mol. The SMILES string of the molecule is CC/C=C/C/C=C/C/C=C/C/C=C/CCCC(CC(=O)NC(CO)C(O)CCCCCCCCCCCCCCCC)OC(=O)CCCCCCCCCCCCCCCCCC. The number of ether oxygens (including phenoxy) is 1. The smallest absolute Gasteiger partial charge is 0.306 e. The zero-order valence-electron chi connectivity index (χ0n) is 42.0. The molecule has 0 saturated carbocycles. The number of carbonyl (C=O) groups excluding carboxylic acids is 2. The van der Waals surface area contributed by atoms with Crippen molar-refractivity contribution < 1.29 is 24.5 Å². The summed E-state index contributed by atoms with van der Waals surface area (Å²) in [6, 6.07) is -0.717. The van der Waals surface area contributed by atoms with Gasteiger partial charge in [-0.3, -0.25) is 9.59 Å². The number of aliphatic hydroxyl groups is 2. The minimum absolute atomic E-state index is 0.0426. The van der Waals surface area contributed by atoms with Crippen LogP contribution in [-0.4, -0.2) is 46.9 Å². The highest BCUT2D eigenvalue weighted by molar-refractivity contribution is 5.77. The second kappa shape index (κ2) is 50.8. The van der Waals surface area contributed by atoms with Gasteiger partial charge in [0.25, 0.3) is 0 Å². The lowest BCUT2D eigenvalue weighted by Crippen LogP contribution is -2.46. The number of aliphatic hydroxyl groups excluding tert-OH is 2. The third-order valence-corrected chi connectivity index (χ3v) is 12.4. The summed E-state index contributed by atoms with van der Waals surface area (Å²) in [4.78, 5) is 26.2. The molecule has 3 atom stereocenters. The number of amides is 1. The van der Waals surface area contributed by atoms with Gasteiger partial charge in [0.15, 0.2) is 0 Å². The van der Waals surface area contributed by atoms with Crippen LogP contribution < -0.4 is 5.32 Å². The van der Waals surface area contributed by atoms with E-state index < -0.39 is 18.2 Å². The minimum atomic E-state index is -0.801. The Labute approximate surface area is 391 Å². The molecule has 63 heavy (non-hydrogen) atoms. The van der Waals surface area contributed by atoms with Gasteiger partial charge in [-0.05, 0) is 57.8 Å². The first-order valence-corrected chi connectivity index (χ1v) is 27.4. The first-order chi connectivity index (χ1) is 31.0. The highest BCUT2D eigenvalue weighted by Gasteiger charge is 2.24. The van der Waals surface area contributed by atoms with Crippen molar-refractivity contribution >= 4 is 11.9 Å². The van der Waals surface area contributed by atoms with Crippen LogP contribution in [0.25, 0.3) is 0 Å². The Morgan fingerprint density at radius 2 is 0.857 bits per heavy atom. The van der Waals surface area contributed by atoms with Gasteiger partial charge >= 0.3 is 5.97 Å². The van der Waals surface area contributed by atoms with E-state index in [9.17, 15) is 19.8 Å².